The SMILES string of the molecule is CNC(=O)CC1CN(C(=O)OC2CCC3(CO3)C([C@@]3(C)O[C@@H]3CC=C(C)C)C2OC)C1. The molecular weight excluding hydrogens is 400 g/mol. The number of methoxy groups -OCH3 is 1. The molecule has 3 aliphatic heterocycles. The van der Waals surface area contributed by atoms with Crippen molar-refractivity contribution in [1.82, 2.24) is 10.2 Å². The lowest BCUT2D eigenvalue weighted by Gasteiger charge is -2.44. The van der Waals surface area contributed by atoms with Crippen molar-refractivity contribution < 1.29 is 28.5 Å². The standard InChI is InChI=1S/C23H36N2O6/c1-14(2)6-7-17-22(3,31-17)20-19(28-5)16(8-9-23(20)13-29-23)30-21(27)25-11-15(12-25)10-18(26)24-4/h6,15-17,19-20H,7-13H2,1-5H3,(H,24,26)/t16?,17-,19?,20?,22+,23?/m1/s1. The summed E-state index contributed by atoms with van der Waals surface area (Å²) < 4.78 is 24.0. The van der Waals surface area contributed by atoms with Gasteiger partial charge in [0.15, 0.2) is 0 Å². The highest BCUT2D eigenvalue weighted by Gasteiger charge is 2.72. The molecule has 0 aromatic heterocycles. The van der Waals surface area contributed by atoms with Crippen molar-refractivity contribution in [3.8, 4) is 0 Å². The van der Waals surface area contributed by atoms with Crippen LogP contribution in [0.4, 0.5) is 4.79 Å². The van der Waals surface area contributed by atoms with Gasteiger partial charge in [-0.2, -0.15) is 0 Å². The van der Waals surface area contributed by atoms with E-state index in [0.29, 0.717) is 32.5 Å². The summed E-state index contributed by atoms with van der Waals surface area (Å²) in [6, 6.07) is 0. The number of carbonyl (C=O) groups excluding carboxylic acids is 2. The van der Waals surface area contributed by atoms with Gasteiger partial charge in [-0.05, 0) is 40.0 Å². The van der Waals surface area contributed by atoms with Gasteiger partial charge in [0.2, 0.25) is 5.91 Å². The average molecular weight is 437 g/mol. The molecule has 8 heteroatoms. The first-order valence-electron chi connectivity index (χ1n) is 11.4. The molecule has 0 aromatic rings. The zero-order chi connectivity index (χ0) is 22.4. The molecule has 4 rings (SSSR count). The van der Waals surface area contributed by atoms with Crippen molar-refractivity contribution >= 4 is 12.0 Å². The Morgan fingerprint density at radius 2 is 2.00 bits per heavy atom. The predicted molar refractivity (Wildman–Crippen MR) is 114 cm³/mol. The lowest BCUT2D eigenvalue weighted by atomic mass is 9.68. The number of hydrogen-bond acceptors (Lipinski definition) is 6. The van der Waals surface area contributed by atoms with Gasteiger partial charge in [-0.1, -0.05) is 11.6 Å². The third kappa shape index (κ3) is 4.34. The molecule has 8 nitrogen and oxygen atoms in total. The number of likely N-dealkylation sites (tertiary alicyclic amines) is 1. The fraction of sp³-hybridized carbons (Fsp3) is 0.826. The van der Waals surface area contributed by atoms with E-state index in [1.807, 2.05) is 0 Å². The molecule has 3 heterocycles. The van der Waals surface area contributed by atoms with Gasteiger partial charge in [0.05, 0.1) is 18.6 Å². The summed E-state index contributed by atoms with van der Waals surface area (Å²) in [5.74, 6) is 0.217. The molecule has 3 saturated heterocycles. The second-order valence-corrected chi connectivity index (χ2v) is 9.95. The smallest absolute Gasteiger partial charge is 0.410 e. The Balaban J connectivity index is 1.38. The van der Waals surface area contributed by atoms with Gasteiger partial charge in [-0.3, -0.25) is 4.79 Å². The van der Waals surface area contributed by atoms with Crippen molar-refractivity contribution in [2.24, 2.45) is 11.8 Å². The molecule has 2 amide bonds. The number of nitrogens with zero attached hydrogens (tertiary/aromatic N) is 1. The molecule has 4 aliphatic rings. The van der Waals surface area contributed by atoms with E-state index in [2.05, 4.69) is 32.2 Å². The average Bonchev–Trinajstić information content (AvgIpc) is 3.61. The fourth-order valence-corrected chi connectivity index (χ4v) is 5.49. The van der Waals surface area contributed by atoms with Gasteiger partial charge in [0.25, 0.3) is 0 Å². The van der Waals surface area contributed by atoms with E-state index in [4.69, 9.17) is 18.9 Å². The maximum absolute atomic E-state index is 12.7. The number of hydrogen-bond donors (Lipinski definition) is 1. The van der Waals surface area contributed by atoms with Gasteiger partial charge in [-0.25, -0.2) is 4.79 Å². The molecule has 4 fully saturated rings. The fourth-order valence-electron chi connectivity index (χ4n) is 5.49. The number of epoxide rings is 2. The normalized spacial score (nSPS) is 38.9. The van der Waals surface area contributed by atoms with Crippen LogP contribution in [0.3, 0.4) is 0 Å². The van der Waals surface area contributed by atoms with E-state index in [-0.39, 0.29) is 53.4 Å². The number of amides is 2. The molecule has 1 N–H and O–H groups in total. The predicted octanol–water partition coefficient (Wildman–Crippen LogP) is 2.27. The van der Waals surface area contributed by atoms with E-state index in [1.165, 1.54) is 5.57 Å². The van der Waals surface area contributed by atoms with E-state index in [9.17, 15) is 9.59 Å². The largest absolute Gasteiger partial charge is 0.443 e. The van der Waals surface area contributed by atoms with E-state index in [1.54, 1.807) is 19.1 Å². The Kier molecular flexibility index (Phi) is 6.09. The lowest BCUT2D eigenvalue weighted by Crippen LogP contribution is -2.57. The maximum atomic E-state index is 12.7. The highest BCUT2D eigenvalue weighted by atomic mass is 16.6. The highest BCUT2D eigenvalue weighted by Crippen LogP contribution is 2.59. The lowest BCUT2D eigenvalue weighted by molar-refractivity contribution is -0.127. The Labute approximate surface area is 184 Å². The van der Waals surface area contributed by atoms with Crippen LogP contribution in [0.2, 0.25) is 0 Å². The molecule has 6 atom stereocenters. The van der Waals surface area contributed by atoms with Crippen molar-refractivity contribution in [3.05, 3.63) is 11.6 Å². The van der Waals surface area contributed by atoms with Crippen molar-refractivity contribution in [2.45, 2.75) is 76.0 Å². The van der Waals surface area contributed by atoms with Gasteiger partial charge < -0.3 is 29.2 Å². The first kappa shape index (κ1) is 22.6. The second kappa shape index (κ2) is 8.37. The van der Waals surface area contributed by atoms with Gasteiger partial charge in [-0.15, -0.1) is 0 Å². The first-order valence-corrected chi connectivity index (χ1v) is 11.4. The number of nitrogens with one attached hydrogen (secondary N) is 1. The highest BCUT2D eigenvalue weighted by molar-refractivity contribution is 5.76. The minimum atomic E-state index is -0.344. The van der Waals surface area contributed by atoms with E-state index in [0.717, 1.165) is 12.8 Å². The molecule has 174 valence electrons. The van der Waals surface area contributed by atoms with Crippen molar-refractivity contribution in [3.63, 3.8) is 0 Å². The minimum absolute atomic E-state index is 0.00246. The van der Waals surface area contributed by atoms with Crippen LogP contribution in [0.5, 0.6) is 0 Å². The van der Waals surface area contributed by atoms with Crippen LogP contribution in [0.1, 0.15) is 46.5 Å². The molecule has 0 bridgehead atoms. The molecule has 1 saturated carbocycles. The quantitative estimate of drug-likeness (QED) is 0.486. The second-order valence-electron chi connectivity index (χ2n) is 9.95. The van der Waals surface area contributed by atoms with Crippen LogP contribution >= 0.6 is 0 Å². The third-order valence-electron chi connectivity index (χ3n) is 7.46. The van der Waals surface area contributed by atoms with Crippen LogP contribution in [-0.4, -0.2) is 80.3 Å². The molecule has 4 unspecified atom stereocenters. The van der Waals surface area contributed by atoms with Gasteiger partial charge in [0.1, 0.15) is 23.4 Å². The molecule has 1 spiro atoms. The zero-order valence-electron chi connectivity index (χ0n) is 19.3. The third-order valence-corrected chi connectivity index (χ3v) is 7.46. The summed E-state index contributed by atoms with van der Waals surface area (Å²) in [4.78, 5) is 25.9. The van der Waals surface area contributed by atoms with Crippen molar-refractivity contribution in [1.29, 1.82) is 0 Å². The Morgan fingerprint density at radius 3 is 2.58 bits per heavy atom. The minimum Gasteiger partial charge on any atom is -0.443 e. The summed E-state index contributed by atoms with van der Waals surface area (Å²) in [6.07, 6.45) is 4.26. The maximum Gasteiger partial charge on any atom is 0.410 e. The number of rotatable bonds is 7. The molecule has 0 radical (unpaired) electrons. The summed E-state index contributed by atoms with van der Waals surface area (Å²) in [6.45, 7) is 8.14. The Bertz CT molecular complexity index is 740. The van der Waals surface area contributed by atoms with Crippen LogP contribution < -0.4 is 5.32 Å². The van der Waals surface area contributed by atoms with Crippen LogP contribution in [-0.2, 0) is 23.7 Å². The monoisotopic (exact) mass is 436 g/mol. The summed E-state index contributed by atoms with van der Waals surface area (Å²) in [7, 11) is 3.31. The first-order chi connectivity index (χ1) is 14.7. The Morgan fingerprint density at radius 1 is 1.29 bits per heavy atom. The van der Waals surface area contributed by atoms with E-state index < -0.39 is 0 Å². The topological polar surface area (TPSA) is 92.9 Å². The molecule has 0 aromatic carbocycles. The van der Waals surface area contributed by atoms with Crippen LogP contribution in [0.25, 0.3) is 0 Å². The van der Waals surface area contributed by atoms with Crippen molar-refractivity contribution in [2.75, 3.05) is 33.9 Å². The summed E-state index contributed by atoms with van der Waals surface area (Å²) in [5.41, 5.74) is 0.704. The summed E-state index contributed by atoms with van der Waals surface area (Å²) in [5, 5.41) is 2.63. The zero-order valence-corrected chi connectivity index (χ0v) is 19.3. The van der Waals surface area contributed by atoms with E-state index >= 15 is 0 Å². The Hall–Kier alpha value is -1.64. The molecular formula is C23H36N2O6. The number of carbonyl (C=O) groups is 2. The number of ether oxygens (including phenoxy) is 4. The van der Waals surface area contributed by atoms with Gasteiger partial charge in [0, 0.05) is 39.6 Å². The molecule has 31 heavy (non-hydrogen) atoms. The van der Waals surface area contributed by atoms with Crippen LogP contribution in [0.15, 0.2) is 11.6 Å². The van der Waals surface area contributed by atoms with Crippen LogP contribution in [0, 0.1) is 11.8 Å². The van der Waals surface area contributed by atoms with Gasteiger partial charge >= 0.3 is 6.09 Å². The summed E-state index contributed by atoms with van der Waals surface area (Å²) >= 11 is 0. The number of allylic oxidation sites excluding steroid dienone is 1. The molecule has 1 aliphatic carbocycles.